The van der Waals surface area contributed by atoms with Crippen molar-refractivity contribution in [2.45, 2.75) is 6.92 Å². The molecular formula is C27H23ClN6O2. The quantitative estimate of drug-likeness (QED) is 0.318. The average molecular weight is 499 g/mol. The Balaban J connectivity index is 0.00000304. The highest BCUT2D eigenvalue weighted by atomic mass is 35.5. The second kappa shape index (κ2) is 10.4. The van der Waals surface area contributed by atoms with Gasteiger partial charge < -0.3 is 5.32 Å². The third-order valence-electron chi connectivity index (χ3n) is 5.57. The van der Waals surface area contributed by atoms with Crippen LogP contribution < -0.4 is 5.32 Å². The Morgan fingerprint density at radius 1 is 0.972 bits per heavy atom. The van der Waals surface area contributed by atoms with Crippen molar-refractivity contribution in [1.82, 2.24) is 25.0 Å². The molecular weight excluding hydrogens is 476 g/mol. The first-order valence-electron chi connectivity index (χ1n) is 11.0. The Bertz CT molecular complexity index is 1590. The first-order valence-corrected chi connectivity index (χ1v) is 11.0. The summed E-state index contributed by atoms with van der Waals surface area (Å²) in [6.07, 6.45) is 5.51. The number of amides is 1. The second-order valence-electron chi connectivity index (χ2n) is 8.12. The highest BCUT2D eigenvalue weighted by Crippen LogP contribution is 2.22. The van der Waals surface area contributed by atoms with Gasteiger partial charge >= 0.3 is 0 Å². The van der Waals surface area contributed by atoms with E-state index in [1.54, 1.807) is 55.7 Å². The molecule has 180 valence electrons. The molecule has 36 heavy (non-hydrogen) atoms. The van der Waals surface area contributed by atoms with Crippen LogP contribution in [-0.4, -0.2) is 36.7 Å². The van der Waals surface area contributed by atoms with Crippen LogP contribution in [0, 0.1) is 6.92 Å². The Labute approximate surface area is 213 Å². The summed E-state index contributed by atoms with van der Waals surface area (Å²) < 4.78 is 1.53. The molecule has 2 aromatic carbocycles. The summed E-state index contributed by atoms with van der Waals surface area (Å²) in [7, 11) is 1.72. The molecule has 0 saturated carbocycles. The molecule has 8 nitrogen and oxygen atoms in total. The van der Waals surface area contributed by atoms with Crippen molar-refractivity contribution in [1.29, 1.82) is 0 Å². The van der Waals surface area contributed by atoms with E-state index in [1.807, 2.05) is 43.3 Å². The highest BCUT2D eigenvalue weighted by Gasteiger charge is 2.15. The van der Waals surface area contributed by atoms with Crippen LogP contribution in [-0.2, 0) is 7.05 Å². The lowest BCUT2D eigenvalue weighted by atomic mass is 10.0. The molecule has 0 bridgehead atoms. The van der Waals surface area contributed by atoms with Crippen LogP contribution in [0.1, 0.15) is 43.5 Å². The number of nitrogens with one attached hydrogen (secondary N) is 2. The van der Waals surface area contributed by atoms with Crippen molar-refractivity contribution in [3.05, 3.63) is 107 Å². The summed E-state index contributed by atoms with van der Waals surface area (Å²) in [4.78, 5) is 30.1. The fourth-order valence-corrected chi connectivity index (χ4v) is 3.87. The molecule has 0 fully saturated rings. The molecule has 0 aliphatic rings. The van der Waals surface area contributed by atoms with E-state index in [0.29, 0.717) is 22.5 Å². The number of aromatic amines is 1. The highest BCUT2D eigenvalue weighted by molar-refractivity contribution is 6.12. The SMILES string of the molecule is Cc1cc(C(=O)Nc2cccc(C(=O)c3ccc4c(/C=C/c5ccccn5)n[nH]c4c3)c2)n(C)n1.Cl. The Hall–Kier alpha value is -4.56. The van der Waals surface area contributed by atoms with Crippen molar-refractivity contribution in [3.8, 4) is 0 Å². The number of aromatic nitrogens is 5. The number of carbonyl (C=O) groups excluding carboxylic acids is 2. The van der Waals surface area contributed by atoms with Gasteiger partial charge in [0.25, 0.3) is 5.91 Å². The first kappa shape index (κ1) is 24.6. The molecule has 3 aromatic heterocycles. The van der Waals surface area contributed by atoms with Crippen LogP contribution in [0.2, 0.25) is 0 Å². The van der Waals surface area contributed by atoms with Gasteiger partial charge in [-0.1, -0.05) is 24.3 Å². The van der Waals surface area contributed by atoms with E-state index >= 15 is 0 Å². The zero-order valence-corrected chi connectivity index (χ0v) is 20.4. The molecule has 1 amide bonds. The second-order valence-corrected chi connectivity index (χ2v) is 8.12. The van der Waals surface area contributed by atoms with Crippen LogP contribution >= 0.6 is 12.4 Å². The molecule has 2 N–H and O–H groups in total. The molecule has 5 aromatic rings. The van der Waals surface area contributed by atoms with E-state index < -0.39 is 0 Å². The van der Waals surface area contributed by atoms with Crippen molar-refractivity contribution >= 4 is 52.8 Å². The van der Waals surface area contributed by atoms with E-state index in [4.69, 9.17) is 0 Å². The maximum Gasteiger partial charge on any atom is 0.273 e. The Morgan fingerprint density at radius 2 is 1.81 bits per heavy atom. The molecule has 0 atom stereocenters. The number of halogens is 1. The van der Waals surface area contributed by atoms with E-state index in [1.165, 1.54) is 4.68 Å². The topological polar surface area (TPSA) is 106 Å². The van der Waals surface area contributed by atoms with Gasteiger partial charge in [-0.15, -0.1) is 12.4 Å². The van der Waals surface area contributed by atoms with Gasteiger partial charge in [0.05, 0.1) is 22.6 Å². The Morgan fingerprint density at radius 3 is 2.56 bits per heavy atom. The van der Waals surface area contributed by atoms with Crippen molar-refractivity contribution < 1.29 is 9.59 Å². The minimum atomic E-state index is -0.289. The average Bonchev–Trinajstić information content (AvgIpc) is 3.44. The number of nitrogens with zero attached hydrogens (tertiary/aromatic N) is 4. The lowest BCUT2D eigenvalue weighted by molar-refractivity contribution is 0.101. The summed E-state index contributed by atoms with van der Waals surface area (Å²) in [6, 6.07) is 19.7. The van der Waals surface area contributed by atoms with Gasteiger partial charge in [0.2, 0.25) is 0 Å². The largest absolute Gasteiger partial charge is 0.321 e. The fraction of sp³-hybridized carbons (Fsp3) is 0.0741. The van der Waals surface area contributed by atoms with Crippen LogP contribution in [0.5, 0.6) is 0 Å². The van der Waals surface area contributed by atoms with Gasteiger partial charge in [0, 0.05) is 35.4 Å². The zero-order valence-electron chi connectivity index (χ0n) is 19.6. The van der Waals surface area contributed by atoms with Crippen molar-refractivity contribution in [2.24, 2.45) is 7.05 Å². The van der Waals surface area contributed by atoms with Crippen molar-refractivity contribution in [3.63, 3.8) is 0 Å². The zero-order chi connectivity index (χ0) is 24.4. The van der Waals surface area contributed by atoms with Crippen LogP contribution in [0.15, 0.2) is 72.9 Å². The molecule has 0 aliphatic carbocycles. The van der Waals surface area contributed by atoms with Crippen LogP contribution in [0.25, 0.3) is 23.1 Å². The number of fused-ring (bicyclic) bond motifs is 1. The van der Waals surface area contributed by atoms with E-state index in [-0.39, 0.29) is 24.1 Å². The molecule has 5 rings (SSSR count). The maximum absolute atomic E-state index is 13.2. The van der Waals surface area contributed by atoms with Gasteiger partial charge in [-0.3, -0.25) is 24.4 Å². The monoisotopic (exact) mass is 498 g/mol. The van der Waals surface area contributed by atoms with Crippen LogP contribution in [0.3, 0.4) is 0 Å². The summed E-state index contributed by atoms with van der Waals surface area (Å²) in [5.41, 5.74) is 5.07. The number of ketones is 1. The van der Waals surface area contributed by atoms with Crippen molar-refractivity contribution in [2.75, 3.05) is 5.32 Å². The predicted octanol–water partition coefficient (Wildman–Crippen LogP) is 5.08. The number of hydrogen-bond donors (Lipinski definition) is 2. The fourth-order valence-electron chi connectivity index (χ4n) is 3.87. The number of rotatable bonds is 6. The number of hydrogen-bond acceptors (Lipinski definition) is 5. The standard InChI is InChI=1S/C27H22N6O2.ClH/c1-17-14-25(33(2)32-17)27(35)29-21-8-5-6-18(15-21)26(34)19-9-11-22-23(30-31-24(22)16-19)12-10-20-7-3-4-13-28-20;/h3-16H,1-2H3,(H,29,35)(H,30,31);1H/b12-10+;. The third-order valence-corrected chi connectivity index (χ3v) is 5.57. The van der Waals surface area contributed by atoms with Gasteiger partial charge in [-0.25, -0.2) is 0 Å². The first-order chi connectivity index (χ1) is 17.0. The van der Waals surface area contributed by atoms with Gasteiger partial charge in [0.1, 0.15) is 5.69 Å². The smallest absolute Gasteiger partial charge is 0.273 e. The lowest BCUT2D eigenvalue weighted by Crippen LogP contribution is -2.16. The van der Waals surface area contributed by atoms with E-state index in [0.717, 1.165) is 28.0 Å². The van der Waals surface area contributed by atoms with Gasteiger partial charge in [-0.05, 0) is 61.5 Å². The molecule has 0 aliphatic heterocycles. The molecule has 0 spiro atoms. The number of pyridine rings is 1. The number of H-pyrrole nitrogens is 1. The minimum absolute atomic E-state index is 0. The molecule has 0 radical (unpaired) electrons. The predicted molar refractivity (Wildman–Crippen MR) is 142 cm³/mol. The number of anilines is 1. The number of aryl methyl sites for hydroxylation is 2. The summed E-state index contributed by atoms with van der Waals surface area (Å²) in [5.74, 6) is -0.442. The van der Waals surface area contributed by atoms with E-state index in [9.17, 15) is 9.59 Å². The van der Waals surface area contributed by atoms with Crippen LogP contribution in [0.4, 0.5) is 5.69 Å². The van der Waals surface area contributed by atoms with Gasteiger partial charge in [-0.2, -0.15) is 10.2 Å². The summed E-state index contributed by atoms with van der Waals surface area (Å²) in [5, 5.41) is 15.3. The molecule has 0 saturated heterocycles. The maximum atomic E-state index is 13.2. The Kier molecular flexibility index (Phi) is 7.07. The summed E-state index contributed by atoms with van der Waals surface area (Å²) >= 11 is 0. The number of benzene rings is 2. The minimum Gasteiger partial charge on any atom is -0.321 e. The van der Waals surface area contributed by atoms with Gasteiger partial charge in [0.15, 0.2) is 5.78 Å². The third kappa shape index (κ3) is 5.08. The molecule has 3 heterocycles. The molecule has 0 unspecified atom stereocenters. The number of carbonyl (C=O) groups is 2. The molecule has 9 heteroatoms. The summed E-state index contributed by atoms with van der Waals surface area (Å²) in [6.45, 7) is 1.83. The van der Waals surface area contributed by atoms with E-state index in [2.05, 4.69) is 25.6 Å². The lowest BCUT2D eigenvalue weighted by Gasteiger charge is -2.08. The normalized spacial score (nSPS) is 10.9.